The highest BCUT2D eigenvalue weighted by Crippen LogP contribution is 2.35. The van der Waals surface area contributed by atoms with Gasteiger partial charge in [0.2, 0.25) is 0 Å². The number of benzene rings is 1. The van der Waals surface area contributed by atoms with Crippen LogP contribution in [0.1, 0.15) is 37.3 Å². The fourth-order valence-electron chi connectivity index (χ4n) is 2.31. The van der Waals surface area contributed by atoms with Crippen molar-refractivity contribution in [3.05, 3.63) is 33.3 Å². The molecule has 0 bridgehead atoms. The highest BCUT2D eigenvalue weighted by Gasteiger charge is 2.23. The van der Waals surface area contributed by atoms with Gasteiger partial charge in [-0.1, -0.05) is 30.5 Å². The smallest absolute Gasteiger partial charge is 0.0548 e. The molecular weight excluding hydrogens is 309 g/mol. The number of hydrogen-bond donors (Lipinski definition) is 1. The molecule has 0 aliphatic heterocycles. The van der Waals surface area contributed by atoms with E-state index in [9.17, 15) is 0 Å². The molecule has 0 amide bonds. The van der Waals surface area contributed by atoms with Gasteiger partial charge in [-0.2, -0.15) is 0 Å². The molecule has 90 valence electrons. The van der Waals surface area contributed by atoms with Gasteiger partial charge in [-0.15, -0.1) is 12.4 Å². The highest BCUT2D eigenvalue weighted by atomic mass is 79.9. The van der Waals surface area contributed by atoms with Gasteiger partial charge in [0.05, 0.1) is 5.02 Å². The van der Waals surface area contributed by atoms with Crippen LogP contribution in [0.2, 0.25) is 5.02 Å². The van der Waals surface area contributed by atoms with E-state index in [0.717, 1.165) is 9.50 Å². The van der Waals surface area contributed by atoms with E-state index in [4.69, 9.17) is 17.3 Å². The molecule has 0 saturated heterocycles. The third-order valence-electron chi connectivity index (χ3n) is 3.24. The van der Waals surface area contributed by atoms with Crippen molar-refractivity contribution in [1.82, 2.24) is 0 Å². The van der Waals surface area contributed by atoms with E-state index < -0.39 is 0 Å². The predicted octanol–water partition coefficient (Wildman–Crippen LogP) is 4.71. The Morgan fingerprint density at radius 3 is 2.50 bits per heavy atom. The minimum Gasteiger partial charge on any atom is -0.324 e. The molecule has 1 aromatic carbocycles. The first-order chi connectivity index (χ1) is 7.18. The lowest BCUT2D eigenvalue weighted by atomic mass is 9.93. The van der Waals surface area contributed by atoms with E-state index in [1.165, 1.54) is 31.2 Å². The Kier molecular flexibility index (Phi) is 5.58. The van der Waals surface area contributed by atoms with Crippen LogP contribution in [0.4, 0.5) is 0 Å². The zero-order chi connectivity index (χ0) is 10.8. The number of rotatable bonds is 2. The van der Waals surface area contributed by atoms with Gasteiger partial charge in [0.15, 0.2) is 0 Å². The van der Waals surface area contributed by atoms with Crippen molar-refractivity contribution >= 4 is 39.9 Å². The van der Waals surface area contributed by atoms with E-state index >= 15 is 0 Å². The minimum absolute atomic E-state index is 0. The summed E-state index contributed by atoms with van der Waals surface area (Å²) in [6, 6.07) is 6.16. The molecule has 1 nitrogen and oxygen atoms in total. The first kappa shape index (κ1) is 14.3. The Hall–Kier alpha value is 0.240. The summed E-state index contributed by atoms with van der Waals surface area (Å²) < 4.78 is 0.940. The van der Waals surface area contributed by atoms with Gasteiger partial charge in [-0.3, -0.25) is 0 Å². The predicted molar refractivity (Wildman–Crippen MR) is 75.3 cm³/mol. The van der Waals surface area contributed by atoms with Crippen LogP contribution in [0.3, 0.4) is 0 Å². The second kappa shape index (κ2) is 6.25. The van der Waals surface area contributed by atoms with Gasteiger partial charge >= 0.3 is 0 Å². The normalized spacial score (nSPS) is 18.2. The summed E-state index contributed by atoms with van der Waals surface area (Å²) in [7, 11) is 0. The SMILES string of the molecule is Cl.N[C@@H](c1ccc(Cl)c(Br)c1)C1CCCC1. The van der Waals surface area contributed by atoms with Crippen LogP contribution < -0.4 is 5.73 Å². The van der Waals surface area contributed by atoms with E-state index in [1.807, 2.05) is 18.2 Å². The summed E-state index contributed by atoms with van der Waals surface area (Å²) >= 11 is 9.39. The Morgan fingerprint density at radius 2 is 1.94 bits per heavy atom. The van der Waals surface area contributed by atoms with E-state index in [-0.39, 0.29) is 18.4 Å². The highest BCUT2D eigenvalue weighted by molar-refractivity contribution is 9.10. The van der Waals surface area contributed by atoms with Crippen molar-refractivity contribution < 1.29 is 0 Å². The molecule has 0 spiro atoms. The van der Waals surface area contributed by atoms with Gasteiger partial charge in [0, 0.05) is 10.5 Å². The summed E-state index contributed by atoms with van der Waals surface area (Å²) in [6.45, 7) is 0. The Bertz CT molecular complexity index is 351. The molecule has 16 heavy (non-hydrogen) atoms. The second-order valence-corrected chi connectivity index (χ2v) is 5.51. The molecule has 1 fully saturated rings. The summed E-state index contributed by atoms with van der Waals surface area (Å²) in [5.74, 6) is 0.651. The molecule has 1 aromatic rings. The number of nitrogens with two attached hydrogens (primary N) is 1. The molecule has 0 aromatic heterocycles. The fraction of sp³-hybridized carbons (Fsp3) is 0.500. The molecule has 2 rings (SSSR count). The number of hydrogen-bond acceptors (Lipinski definition) is 1. The second-order valence-electron chi connectivity index (χ2n) is 4.24. The van der Waals surface area contributed by atoms with Crippen molar-refractivity contribution in [2.45, 2.75) is 31.7 Å². The molecule has 4 heteroatoms. The molecule has 1 aliphatic rings. The van der Waals surface area contributed by atoms with Crippen LogP contribution in [0.5, 0.6) is 0 Å². The van der Waals surface area contributed by atoms with E-state index in [0.29, 0.717) is 5.92 Å². The van der Waals surface area contributed by atoms with Gasteiger partial charge in [0.25, 0.3) is 0 Å². The largest absolute Gasteiger partial charge is 0.324 e. The Labute approximate surface area is 116 Å². The van der Waals surface area contributed by atoms with E-state index in [2.05, 4.69) is 15.9 Å². The lowest BCUT2D eigenvalue weighted by Gasteiger charge is -2.19. The molecule has 1 atom stereocenters. The standard InChI is InChI=1S/C12H15BrClN.ClH/c13-10-7-9(5-6-11(10)14)12(15)8-3-1-2-4-8;/h5-8,12H,1-4,15H2;1H/t12-;/m1./s1. The Morgan fingerprint density at radius 1 is 1.31 bits per heavy atom. The van der Waals surface area contributed by atoms with Crippen LogP contribution in [-0.4, -0.2) is 0 Å². The van der Waals surface area contributed by atoms with Crippen molar-refractivity contribution in [1.29, 1.82) is 0 Å². The van der Waals surface area contributed by atoms with Crippen molar-refractivity contribution in [2.75, 3.05) is 0 Å². The zero-order valence-electron chi connectivity index (χ0n) is 8.96. The average molecular weight is 325 g/mol. The third kappa shape index (κ3) is 3.13. The maximum Gasteiger partial charge on any atom is 0.0548 e. The molecule has 1 saturated carbocycles. The molecular formula is C12H16BrCl2N. The van der Waals surface area contributed by atoms with Crippen LogP contribution in [0, 0.1) is 5.92 Å². The first-order valence-corrected chi connectivity index (χ1v) is 6.56. The maximum atomic E-state index is 6.26. The Balaban J connectivity index is 0.00000128. The average Bonchev–Trinajstić information content (AvgIpc) is 2.74. The lowest BCUT2D eigenvalue weighted by molar-refractivity contribution is 0.445. The van der Waals surface area contributed by atoms with Crippen LogP contribution in [-0.2, 0) is 0 Å². The first-order valence-electron chi connectivity index (χ1n) is 5.39. The molecule has 0 unspecified atom stereocenters. The maximum absolute atomic E-state index is 6.26. The zero-order valence-corrected chi connectivity index (χ0v) is 12.1. The fourth-order valence-corrected chi connectivity index (χ4v) is 2.82. The van der Waals surface area contributed by atoms with Gasteiger partial charge in [-0.05, 0) is 52.4 Å². The van der Waals surface area contributed by atoms with Gasteiger partial charge < -0.3 is 5.73 Å². The van der Waals surface area contributed by atoms with Crippen molar-refractivity contribution in [2.24, 2.45) is 11.7 Å². The summed E-state index contributed by atoms with van der Waals surface area (Å²) in [6.07, 6.45) is 5.18. The minimum atomic E-state index is 0. The molecule has 1 aliphatic carbocycles. The molecule has 0 radical (unpaired) electrons. The molecule has 0 heterocycles. The van der Waals surface area contributed by atoms with Crippen molar-refractivity contribution in [3.63, 3.8) is 0 Å². The summed E-state index contributed by atoms with van der Waals surface area (Å²) in [4.78, 5) is 0. The quantitative estimate of drug-likeness (QED) is 0.837. The van der Waals surface area contributed by atoms with Gasteiger partial charge in [-0.25, -0.2) is 0 Å². The van der Waals surface area contributed by atoms with E-state index in [1.54, 1.807) is 0 Å². The molecule has 2 N–H and O–H groups in total. The van der Waals surface area contributed by atoms with Crippen LogP contribution in [0.25, 0.3) is 0 Å². The topological polar surface area (TPSA) is 26.0 Å². The van der Waals surface area contributed by atoms with Crippen LogP contribution >= 0.6 is 39.9 Å². The van der Waals surface area contributed by atoms with Gasteiger partial charge in [0.1, 0.15) is 0 Å². The monoisotopic (exact) mass is 323 g/mol. The van der Waals surface area contributed by atoms with Crippen molar-refractivity contribution in [3.8, 4) is 0 Å². The summed E-state index contributed by atoms with van der Waals surface area (Å²) in [5.41, 5.74) is 7.45. The lowest BCUT2D eigenvalue weighted by Crippen LogP contribution is -2.18. The number of halogens is 3. The third-order valence-corrected chi connectivity index (χ3v) is 4.45. The summed E-state index contributed by atoms with van der Waals surface area (Å²) in [5, 5.41) is 0.748. The van der Waals surface area contributed by atoms with Crippen LogP contribution in [0.15, 0.2) is 22.7 Å².